The van der Waals surface area contributed by atoms with Crippen LogP contribution in [0.15, 0.2) is 29.2 Å². The first-order chi connectivity index (χ1) is 10.0. The van der Waals surface area contributed by atoms with Crippen LogP contribution in [0.3, 0.4) is 0 Å². The second kappa shape index (κ2) is 6.85. The van der Waals surface area contributed by atoms with Crippen LogP contribution in [-0.4, -0.2) is 39.8 Å². The van der Waals surface area contributed by atoms with Gasteiger partial charge in [-0.05, 0) is 31.0 Å². The standard InChI is InChI=1S/C15H20N2O3S/c1-3-13(17-9-5-8-14(17)18)15(19)16-11-6-4-7-12(10-11)21(2)20/h4,6-7,10,13H,3,5,8-9H2,1-2H3,(H,16,19). The van der Waals surface area contributed by atoms with Crippen molar-refractivity contribution in [3.8, 4) is 0 Å². The largest absolute Gasteiger partial charge is 0.331 e. The topological polar surface area (TPSA) is 66.5 Å². The Balaban J connectivity index is 2.10. The van der Waals surface area contributed by atoms with Gasteiger partial charge >= 0.3 is 0 Å². The number of rotatable bonds is 5. The van der Waals surface area contributed by atoms with Crippen LogP contribution in [-0.2, 0) is 20.4 Å². The summed E-state index contributed by atoms with van der Waals surface area (Å²) in [6.07, 6.45) is 3.51. The van der Waals surface area contributed by atoms with Crippen LogP contribution in [0.5, 0.6) is 0 Å². The number of amides is 2. The summed E-state index contributed by atoms with van der Waals surface area (Å²) in [4.78, 5) is 26.5. The second-order valence-electron chi connectivity index (χ2n) is 5.09. The summed E-state index contributed by atoms with van der Waals surface area (Å²) in [7, 11) is -1.09. The molecule has 2 amide bonds. The maximum Gasteiger partial charge on any atom is 0.247 e. The average molecular weight is 308 g/mol. The lowest BCUT2D eigenvalue weighted by Crippen LogP contribution is -2.44. The summed E-state index contributed by atoms with van der Waals surface area (Å²) in [6, 6.07) is 6.54. The minimum Gasteiger partial charge on any atom is -0.331 e. The van der Waals surface area contributed by atoms with Gasteiger partial charge in [0.2, 0.25) is 11.8 Å². The second-order valence-corrected chi connectivity index (χ2v) is 6.47. The Morgan fingerprint density at radius 1 is 1.48 bits per heavy atom. The molecule has 1 aliphatic heterocycles. The van der Waals surface area contributed by atoms with Crippen molar-refractivity contribution < 1.29 is 13.8 Å². The lowest BCUT2D eigenvalue weighted by Gasteiger charge is -2.25. The monoisotopic (exact) mass is 308 g/mol. The van der Waals surface area contributed by atoms with Gasteiger partial charge in [0.15, 0.2) is 0 Å². The summed E-state index contributed by atoms with van der Waals surface area (Å²) in [6.45, 7) is 2.54. The highest BCUT2D eigenvalue weighted by Gasteiger charge is 2.31. The van der Waals surface area contributed by atoms with Gasteiger partial charge in [0.25, 0.3) is 0 Å². The van der Waals surface area contributed by atoms with E-state index in [-0.39, 0.29) is 11.8 Å². The Hall–Kier alpha value is -1.69. The number of nitrogens with zero attached hydrogens (tertiary/aromatic N) is 1. The fraction of sp³-hybridized carbons (Fsp3) is 0.467. The van der Waals surface area contributed by atoms with Crippen LogP contribution in [0.25, 0.3) is 0 Å². The molecule has 1 heterocycles. The molecule has 1 aromatic carbocycles. The molecule has 1 aromatic rings. The number of hydrogen-bond acceptors (Lipinski definition) is 3. The predicted molar refractivity (Wildman–Crippen MR) is 82.4 cm³/mol. The molecule has 0 aliphatic carbocycles. The fourth-order valence-electron chi connectivity index (χ4n) is 2.52. The van der Waals surface area contributed by atoms with Crippen molar-refractivity contribution in [3.05, 3.63) is 24.3 Å². The molecule has 0 spiro atoms. The molecule has 1 N–H and O–H groups in total. The smallest absolute Gasteiger partial charge is 0.247 e. The number of carbonyl (C=O) groups is 2. The lowest BCUT2D eigenvalue weighted by molar-refractivity contribution is -0.135. The molecule has 21 heavy (non-hydrogen) atoms. The summed E-state index contributed by atoms with van der Waals surface area (Å²) < 4.78 is 11.5. The van der Waals surface area contributed by atoms with Gasteiger partial charge in [-0.1, -0.05) is 13.0 Å². The van der Waals surface area contributed by atoms with Crippen molar-refractivity contribution >= 4 is 28.3 Å². The highest BCUT2D eigenvalue weighted by Crippen LogP contribution is 2.19. The van der Waals surface area contributed by atoms with E-state index in [1.807, 2.05) is 6.92 Å². The first-order valence-electron chi connectivity index (χ1n) is 7.06. The van der Waals surface area contributed by atoms with E-state index in [1.165, 1.54) is 0 Å². The van der Waals surface area contributed by atoms with Gasteiger partial charge in [0.05, 0.1) is 0 Å². The maximum atomic E-state index is 12.4. The molecular formula is C15H20N2O3S. The SMILES string of the molecule is CCC(C(=O)Nc1cccc(S(C)=O)c1)N1CCCC1=O. The van der Waals surface area contributed by atoms with E-state index in [1.54, 1.807) is 35.4 Å². The Bertz CT molecular complexity index is 574. The first kappa shape index (κ1) is 15.7. The van der Waals surface area contributed by atoms with E-state index in [0.29, 0.717) is 30.0 Å². The number of likely N-dealkylation sites (tertiary alicyclic amines) is 1. The maximum absolute atomic E-state index is 12.4. The van der Waals surface area contributed by atoms with Crippen LogP contribution in [0.1, 0.15) is 26.2 Å². The Morgan fingerprint density at radius 2 is 2.24 bits per heavy atom. The van der Waals surface area contributed by atoms with E-state index in [0.717, 1.165) is 6.42 Å². The Labute approximate surface area is 127 Å². The lowest BCUT2D eigenvalue weighted by atomic mass is 10.1. The molecule has 1 saturated heterocycles. The molecule has 1 aliphatic rings. The highest BCUT2D eigenvalue weighted by molar-refractivity contribution is 7.84. The predicted octanol–water partition coefficient (Wildman–Crippen LogP) is 1.76. The van der Waals surface area contributed by atoms with Gasteiger partial charge in [0.1, 0.15) is 6.04 Å². The number of nitrogens with one attached hydrogen (secondary N) is 1. The summed E-state index contributed by atoms with van der Waals surface area (Å²) >= 11 is 0. The number of hydrogen-bond donors (Lipinski definition) is 1. The average Bonchev–Trinajstić information content (AvgIpc) is 2.86. The molecular weight excluding hydrogens is 288 g/mol. The molecule has 0 aromatic heterocycles. The zero-order chi connectivity index (χ0) is 15.4. The Morgan fingerprint density at radius 3 is 2.81 bits per heavy atom. The molecule has 5 nitrogen and oxygen atoms in total. The molecule has 1 fully saturated rings. The van der Waals surface area contributed by atoms with Crippen LogP contribution < -0.4 is 5.32 Å². The Kier molecular flexibility index (Phi) is 5.12. The molecule has 6 heteroatoms. The van der Waals surface area contributed by atoms with E-state index < -0.39 is 16.8 Å². The highest BCUT2D eigenvalue weighted by atomic mass is 32.2. The number of anilines is 1. The van der Waals surface area contributed by atoms with Gasteiger partial charge in [-0.3, -0.25) is 13.8 Å². The molecule has 2 unspecified atom stereocenters. The van der Waals surface area contributed by atoms with Gasteiger partial charge in [-0.2, -0.15) is 0 Å². The van der Waals surface area contributed by atoms with Crippen molar-refractivity contribution in [2.45, 2.75) is 37.1 Å². The third-order valence-electron chi connectivity index (χ3n) is 3.61. The number of benzene rings is 1. The number of carbonyl (C=O) groups excluding carboxylic acids is 2. The van der Waals surface area contributed by atoms with E-state index in [4.69, 9.17) is 0 Å². The normalized spacial score (nSPS) is 17.6. The van der Waals surface area contributed by atoms with Gasteiger partial charge in [-0.25, -0.2) is 0 Å². The van der Waals surface area contributed by atoms with E-state index >= 15 is 0 Å². The van der Waals surface area contributed by atoms with Crippen molar-refractivity contribution in [1.82, 2.24) is 4.90 Å². The fourth-order valence-corrected chi connectivity index (χ4v) is 3.09. The quantitative estimate of drug-likeness (QED) is 0.901. The van der Waals surface area contributed by atoms with Crippen molar-refractivity contribution in [2.75, 3.05) is 18.1 Å². The van der Waals surface area contributed by atoms with Crippen LogP contribution >= 0.6 is 0 Å². The van der Waals surface area contributed by atoms with Gasteiger partial charge in [0, 0.05) is 40.6 Å². The molecule has 0 saturated carbocycles. The van der Waals surface area contributed by atoms with Crippen molar-refractivity contribution in [1.29, 1.82) is 0 Å². The first-order valence-corrected chi connectivity index (χ1v) is 8.62. The van der Waals surface area contributed by atoms with E-state index in [9.17, 15) is 13.8 Å². The van der Waals surface area contributed by atoms with Gasteiger partial charge in [-0.15, -0.1) is 0 Å². The van der Waals surface area contributed by atoms with Crippen molar-refractivity contribution in [2.24, 2.45) is 0 Å². The van der Waals surface area contributed by atoms with E-state index in [2.05, 4.69) is 5.32 Å². The van der Waals surface area contributed by atoms with Crippen LogP contribution in [0, 0.1) is 0 Å². The molecule has 2 rings (SSSR count). The molecule has 2 atom stereocenters. The summed E-state index contributed by atoms with van der Waals surface area (Å²) in [5.41, 5.74) is 0.609. The van der Waals surface area contributed by atoms with Gasteiger partial charge < -0.3 is 10.2 Å². The van der Waals surface area contributed by atoms with Crippen molar-refractivity contribution in [3.63, 3.8) is 0 Å². The zero-order valence-electron chi connectivity index (χ0n) is 12.3. The zero-order valence-corrected chi connectivity index (χ0v) is 13.1. The molecule has 0 bridgehead atoms. The third-order valence-corrected chi connectivity index (χ3v) is 4.53. The summed E-state index contributed by atoms with van der Waals surface area (Å²) in [5, 5.41) is 2.82. The molecule has 114 valence electrons. The minimum atomic E-state index is -1.09. The summed E-state index contributed by atoms with van der Waals surface area (Å²) in [5.74, 6) is -0.146. The van der Waals surface area contributed by atoms with Crippen LogP contribution in [0.2, 0.25) is 0 Å². The molecule has 0 radical (unpaired) electrons. The van der Waals surface area contributed by atoms with Crippen LogP contribution in [0.4, 0.5) is 5.69 Å². The third kappa shape index (κ3) is 3.69. The minimum absolute atomic E-state index is 0.0420.